The van der Waals surface area contributed by atoms with Crippen LogP contribution >= 0.6 is 11.8 Å². The zero-order valence-electron chi connectivity index (χ0n) is 13.8. The molecule has 1 aromatic carbocycles. The van der Waals surface area contributed by atoms with Crippen LogP contribution in [0.3, 0.4) is 0 Å². The molecule has 1 amide bonds. The minimum Gasteiger partial charge on any atom is -0.375 e. The van der Waals surface area contributed by atoms with E-state index in [9.17, 15) is 4.79 Å². The SMILES string of the molecule is C=CCn1nnnc1SCC(=O)NCCCN(C)c1ccccc1. The number of para-hydroxylation sites is 1. The fourth-order valence-electron chi connectivity index (χ4n) is 2.07. The lowest BCUT2D eigenvalue weighted by molar-refractivity contribution is -0.118. The molecule has 0 aliphatic heterocycles. The van der Waals surface area contributed by atoms with Crippen LogP contribution in [0.2, 0.25) is 0 Å². The lowest BCUT2D eigenvalue weighted by Crippen LogP contribution is -2.29. The van der Waals surface area contributed by atoms with Crippen LogP contribution in [0, 0.1) is 0 Å². The van der Waals surface area contributed by atoms with Gasteiger partial charge in [-0.1, -0.05) is 36.0 Å². The average Bonchev–Trinajstić information content (AvgIpc) is 3.05. The number of aromatic nitrogens is 4. The summed E-state index contributed by atoms with van der Waals surface area (Å²) >= 11 is 1.32. The molecule has 1 N–H and O–H groups in total. The normalized spacial score (nSPS) is 10.4. The third-order valence-corrected chi connectivity index (χ3v) is 4.28. The highest BCUT2D eigenvalue weighted by atomic mass is 32.2. The smallest absolute Gasteiger partial charge is 0.230 e. The summed E-state index contributed by atoms with van der Waals surface area (Å²) in [6.07, 6.45) is 2.60. The quantitative estimate of drug-likeness (QED) is 0.400. The molecule has 0 aliphatic carbocycles. The van der Waals surface area contributed by atoms with Crippen LogP contribution in [-0.4, -0.2) is 52.0 Å². The number of tetrazole rings is 1. The highest BCUT2D eigenvalue weighted by molar-refractivity contribution is 7.99. The summed E-state index contributed by atoms with van der Waals surface area (Å²) in [4.78, 5) is 14.0. The highest BCUT2D eigenvalue weighted by Crippen LogP contribution is 2.13. The summed E-state index contributed by atoms with van der Waals surface area (Å²) in [5, 5.41) is 14.9. The molecule has 1 aromatic heterocycles. The molecule has 1 heterocycles. The molecule has 0 atom stereocenters. The molecule has 8 heteroatoms. The molecule has 0 fully saturated rings. The van der Waals surface area contributed by atoms with Crippen molar-refractivity contribution in [2.45, 2.75) is 18.1 Å². The summed E-state index contributed by atoms with van der Waals surface area (Å²) in [5.41, 5.74) is 1.17. The van der Waals surface area contributed by atoms with Gasteiger partial charge in [-0.15, -0.1) is 11.7 Å². The standard InChI is InChI=1S/C16H22N6OS/c1-3-11-22-16(18-19-20-22)24-13-15(23)17-10-7-12-21(2)14-8-5-4-6-9-14/h3-6,8-9H,1,7,10-13H2,2H3,(H,17,23). The van der Waals surface area contributed by atoms with E-state index in [1.165, 1.54) is 17.4 Å². The Morgan fingerprint density at radius 3 is 2.96 bits per heavy atom. The maximum absolute atomic E-state index is 11.9. The van der Waals surface area contributed by atoms with Gasteiger partial charge in [0, 0.05) is 25.8 Å². The van der Waals surface area contributed by atoms with Gasteiger partial charge in [0.25, 0.3) is 0 Å². The van der Waals surface area contributed by atoms with Crippen molar-refractivity contribution >= 4 is 23.4 Å². The molecular weight excluding hydrogens is 324 g/mol. The van der Waals surface area contributed by atoms with Crippen LogP contribution in [0.15, 0.2) is 48.1 Å². The van der Waals surface area contributed by atoms with Crippen molar-refractivity contribution in [2.24, 2.45) is 0 Å². The summed E-state index contributed by atoms with van der Waals surface area (Å²) < 4.78 is 1.61. The Bertz CT molecular complexity index is 645. The zero-order valence-corrected chi connectivity index (χ0v) is 14.6. The van der Waals surface area contributed by atoms with Crippen LogP contribution < -0.4 is 10.2 Å². The molecule has 0 saturated heterocycles. The third-order valence-electron chi connectivity index (χ3n) is 3.32. The van der Waals surface area contributed by atoms with Gasteiger partial charge in [0.05, 0.1) is 12.3 Å². The number of benzene rings is 1. The van der Waals surface area contributed by atoms with Crippen molar-refractivity contribution in [2.75, 3.05) is 30.8 Å². The monoisotopic (exact) mass is 346 g/mol. The molecule has 128 valence electrons. The fraction of sp³-hybridized carbons (Fsp3) is 0.375. The molecule has 2 aromatic rings. The Morgan fingerprint density at radius 1 is 1.42 bits per heavy atom. The van der Waals surface area contributed by atoms with Crippen LogP contribution in [-0.2, 0) is 11.3 Å². The van der Waals surface area contributed by atoms with E-state index < -0.39 is 0 Å². The molecule has 0 unspecified atom stereocenters. The number of anilines is 1. The number of carbonyl (C=O) groups is 1. The molecule has 0 saturated carbocycles. The van der Waals surface area contributed by atoms with Gasteiger partial charge in [0.1, 0.15) is 0 Å². The average molecular weight is 346 g/mol. The van der Waals surface area contributed by atoms with E-state index in [0.29, 0.717) is 24.0 Å². The molecule has 0 radical (unpaired) electrons. The van der Waals surface area contributed by atoms with Crippen molar-refractivity contribution in [3.8, 4) is 0 Å². The molecule has 0 aliphatic rings. The summed E-state index contributed by atoms with van der Waals surface area (Å²) in [5.74, 6) is 0.280. The number of amides is 1. The van der Waals surface area contributed by atoms with Gasteiger partial charge in [0.15, 0.2) is 0 Å². The van der Waals surface area contributed by atoms with E-state index in [-0.39, 0.29) is 5.91 Å². The molecule has 0 bridgehead atoms. The summed E-state index contributed by atoms with van der Waals surface area (Å²) in [7, 11) is 2.05. The van der Waals surface area contributed by atoms with Gasteiger partial charge in [-0.25, -0.2) is 4.68 Å². The second-order valence-corrected chi connectivity index (χ2v) is 6.12. The number of nitrogens with one attached hydrogen (secondary N) is 1. The summed E-state index contributed by atoms with van der Waals surface area (Å²) in [6, 6.07) is 10.2. The van der Waals surface area contributed by atoms with E-state index in [4.69, 9.17) is 0 Å². The minimum absolute atomic E-state index is 0.0180. The van der Waals surface area contributed by atoms with Gasteiger partial charge in [-0.05, 0) is 29.0 Å². The van der Waals surface area contributed by atoms with Crippen molar-refractivity contribution in [3.05, 3.63) is 43.0 Å². The minimum atomic E-state index is -0.0180. The molecule has 24 heavy (non-hydrogen) atoms. The van der Waals surface area contributed by atoms with Crippen molar-refractivity contribution in [3.63, 3.8) is 0 Å². The van der Waals surface area contributed by atoms with Crippen LogP contribution in [0.4, 0.5) is 5.69 Å². The Balaban J connectivity index is 1.63. The second kappa shape index (κ2) is 9.71. The number of thioether (sulfide) groups is 1. The Morgan fingerprint density at radius 2 is 2.21 bits per heavy atom. The fourth-order valence-corrected chi connectivity index (χ4v) is 2.79. The van der Waals surface area contributed by atoms with Gasteiger partial charge < -0.3 is 10.2 Å². The Labute approximate surface area is 146 Å². The number of hydrogen-bond donors (Lipinski definition) is 1. The van der Waals surface area contributed by atoms with E-state index in [0.717, 1.165) is 13.0 Å². The molecule has 0 spiro atoms. The zero-order chi connectivity index (χ0) is 17.2. The Kier molecular flexibility index (Phi) is 7.28. The van der Waals surface area contributed by atoms with E-state index >= 15 is 0 Å². The summed E-state index contributed by atoms with van der Waals surface area (Å²) in [6.45, 7) is 5.71. The molecule has 2 rings (SSSR count). The van der Waals surface area contributed by atoms with E-state index in [2.05, 4.69) is 44.5 Å². The van der Waals surface area contributed by atoms with Crippen LogP contribution in [0.25, 0.3) is 0 Å². The second-order valence-electron chi connectivity index (χ2n) is 5.18. The topological polar surface area (TPSA) is 75.9 Å². The maximum Gasteiger partial charge on any atom is 0.230 e. The first-order valence-corrected chi connectivity index (χ1v) is 8.72. The van der Waals surface area contributed by atoms with Gasteiger partial charge >= 0.3 is 0 Å². The van der Waals surface area contributed by atoms with Crippen molar-refractivity contribution in [1.82, 2.24) is 25.5 Å². The number of carbonyl (C=O) groups excluding carboxylic acids is 1. The molecule has 7 nitrogen and oxygen atoms in total. The lowest BCUT2D eigenvalue weighted by atomic mass is 10.3. The lowest BCUT2D eigenvalue weighted by Gasteiger charge is -2.19. The number of nitrogens with zero attached hydrogens (tertiary/aromatic N) is 5. The predicted octanol–water partition coefficient (Wildman–Crippen LogP) is 1.59. The van der Waals surface area contributed by atoms with E-state index in [1.54, 1.807) is 10.8 Å². The third kappa shape index (κ3) is 5.69. The first-order chi connectivity index (χ1) is 11.7. The number of allylic oxidation sites excluding steroid dienone is 1. The van der Waals surface area contributed by atoms with Crippen LogP contribution in [0.5, 0.6) is 0 Å². The largest absolute Gasteiger partial charge is 0.375 e. The first kappa shape index (κ1) is 18.0. The van der Waals surface area contributed by atoms with Crippen LogP contribution in [0.1, 0.15) is 6.42 Å². The number of rotatable bonds is 10. The number of hydrogen-bond acceptors (Lipinski definition) is 6. The maximum atomic E-state index is 11.9. The molecular formula is C16H22N6OS. The van der Waals surface area contributed by atoms with E-state index in [1.807, 2.05) is 25.2 Å². The van der Waals surface area contributed by atoms with Crippen molar-refractivity contribution < 1.29 is 4.79 Å². The van der Waals surface area contributed by atoms with Gasteiger partial charge in [-0.3, -0.25) is 4.79 Å². The predicted molar refractivity (Wildman–Crippen MR) is 96.1 cm³/mol. The first-order valence-electron chi connectivity index (χ1n) is 7.73. The van der Waals surface area contributed by atoms with Gasteiger partial charge in [-0.2, -0.15) is 0 Å². The van der Waals surface area contributed by atoms with Gasteiger partial charge in [0.2, 0.25) is 11.1 Å². The van der Waals surface area contributed by atoms with Crippen molar-refractivity contribution in [1.29, 1.82) is 0 Å². The highest BCUT2D eigenvalue weighted by Gasteiger charge is 2.09. The Hall–Kier alpha value is -2.35.